The van der Waals surface area contributed by atoms with E-state index >= 15 is 0 Å². The van der Waals surface area contributed by atoms with Gasteiger partial charge < -0.3 is 41.2 Å². The van der Waals surface area contributed by atoms with E-state index in [1.165, 1.54) is 12.3 Å². The molecule has 1 amide bonds. The number of rotatable bonds is 9. The van der Waals surface area contributed by atoms with Crippen LogP contribution in [0.3, 0.4) is 0 Å². The van der Waals surface area contributed by atoms with Crippen molar-refractivity contribution in [2.75, 3.05) is 19.8 Å². The van der Waals surface area contributed by atoms with Crippen LogP contribution < -0.4 is 40.3 Å². The van der Waals surface area contributed by atoms with Crippen LogP contribution in [0.5, 0.6) is 0 Å². The van der Waals surface area contributed by atoms with E-state index in [-0.39, 0.29) is 71.7 Å². The number of carbonyl (C=O) groups is 3. The van der Waals surface area contributed by atoms with Crippen molar-refractivity contribution in [2.45, 2.75) is 95.1 Å². The first-order valence-electron chi connectivity index (χ1n) is 20.2. The average Bonchev–Trinajstić information content (AvgIpc) is 3.64. The number of carbonyl (C=O) groups excluding carboxylic acids is 3. The number of esters is 2. The molecule has 4 aromatic heterocycles. The third kappa shape index (κ3) is 24.1. The Morgan fingerprint density at radius 2 is 1.27 bits per heavy atom. The Bertz CT molecular complexity index is 2190. The number of aryl methyl sites for hydroxylation is 4. The molecule has 0 spiro atoms. The van der Waals surface area contributed by atoms with Crippen molar-refractivity contribution < 1.29 is 79.8 Å². The Kier molecular flexibility index (Phi) is 33.9. The van der Waals surface area contributed by atoms with Crippen LogP contribution in [-0.2, 0) is 38.7 Å². The molecule has 0 saturated heterocycles. The quantitative estimate of drug-likeness (QED) is 0.0751. The summed E-state index contributed by atoms with van der Waals surface area (Å²) in [5, 5.41) is 37.0. The largest absolute Gasteiger partial charge is 1.00 e. The van der Waals surface area contributed by atoms with Gasteiger partial charge in [0.1, 0.15) is 41.1 Å². The number of fused-ring (bicyclic) bond motifs is 1. The van der Waals surface area contributed by atoms with Gasteiger partial charge in [-0.3, -0.25) is 4.79 Å². The van der Waals surface area contributed by atoms with Crippen LogP contribution in [0.2, 0.25) is 5.15 Å². The summed E-state index contributed by atoms with van der Waals surface area (Å²) in [4.78, 5) is 68.0. The number of hydrogen-bond donors (Lipinski definition) is 5. The van der Waals surface area contributed by atoms with Gasteiger partial charge in [0.25, 0.3) is 5.91 Å². The number of ether oxygens (including phenoxy) is 2. The first-order chi connectivity index (χ1) is 30.5. The number of halogens is 1. The van der Waals surface area contributed by atoms with Crippen LogP contribution in [0.25, 0.3) is 0 Å². The minimum Gasteiger partial charge on any atom is -1.00 e. The van der Waals surface area contributed by atoms with Crippen LogP contribution in [0, 0.1) is 40.5 Å². The molecule has 0 saturated carbocycles. The van der Waals surface area contributed by atoms with Gasteiger partial charge in [0.05, 0.1) is 31.2 Å². The predicted molar refractivity (Wildman–Crippen MR) is 246 cm³/mol. The maximum atomic E-state index is 12.8. The molecule has 5 N–H and O–H groups in total. The molecule has 19 nitrogen and oxygen atoms in total. The van der Waals surface area contributed by atoms with E-state index in [1.54, 1.807) is 104 Å². The SMILES string of the molecule is CCO.CCO.CCOC(=O)c1ccnc(C)n1.Cc1nccc(CO)n1.Cc1nccc(COC(=O)[C@@H](NC(=O)c2ccc3c(c2C)B(O)OC3)C(C)C)n1.Cc1nccc(Cl)n1.[B].[H-].[Na+]. The molecule has 5 heterocycles. The Morgan fingerprint density at radius 1 is 0.773 bits per heavy atom. The number of nitrogens with zero attached hydrogens (tertiary/aromatic N) is 8. The topological polar surface area (TPSA) is 275 Å². The standard InChI is InChI=1S/C20H24BN3O5.C8H10N2O2.C6H8N2O.C5H5ClN2.2C2H6O.B.Na.H/c1-11(2)18(20(26)28-10-15-7-8-22-13(4)23-15)24-19(25)16-6-5-14-9-29-21(27)17(14)12(16)3;1-3-12-8(11)7-4-5-9-6(2)10-7;1-5-7-3-2-6(4-9)8-5;1-4-7-3-2-5(6)8-4;2*1-2-3;;;/h5-8,11,18,27H,9-10H2,1-4H3,(H,24,25);4-5H,3H2,1-2H3;2-3,9H,4H2,1H3;2-3H,1H3;2*3H,2H2,1H3;;;/q;;;;;;;+1;-1/t18-;;;;;;;;/m0......../s1. The molecule has 6 rings (SSSR count). The summed E-state index contributed by atoms with van der Waals surface area (Å²) >= 11 is 5.49. The van der Waals surface area contributed by atoms with E-state index in [9.17, 15) is 19.4 Å². The molecule has 1 aliphatic rings. The Morgan fingerprint density at radius 3 is 1.73 bits per heavy atom. The molecule has 0 fully saturated rings. The van der Waals surface area contributed by atoms with Crippen molar-refractivity contribution in [3.05, 3.63) is 123 Å². The van der Waals surface area contributed by atoms with Crippen molar-refractivity contribution in [3.8, 4) is 0 Å². The van der Waals surface area contributed by atoms with E-state index in [2.05, 4.69) is 45.2 Å². The van der Waals surface area contributed by atoms with Crippen molar-refractivity contribution in [3.63, 3.8) is 0 Å². The minimum absolute atomic E-state index is 0. The van der Waals surface area contributed by atoms with Gasteiger partial charge in [0.2, 0.25) is 0 Å². The van der Waals surface area contributed by atoms with Crippen molar-refractivity contribution in [2.24, 2.45) is 5.92 Å². The number of hydrogen-bond acceptors (Lipinski definition) is 18. The first-order valence-corrected chi connectivity index (χ1v) is 20.5. The number of aromatic nitrogens is 8. The second-order valence-corrected chi connectivity index (χ2v) is 13.8. The van der Waals surface area contributed by atoms with E-state index in [4.69, 9.17) is 41.0 Å². The number of benzene rings is 1. The van der Waals surface area contributed by atoms with Crippen molar-refractivity contribution >= 4 is 50.4 Å². The molecule has 1 aliphatic heterocycles. The summed E-state index contributed by atoms with van der Waals surface area (Å²) in [7, 11) is -1.04. The third-order valence-electron chi connectivity index (χ3n) is 7.89. The molecule has 0 bridgehead atoms. The Balaban J connectivity index is -0.000000888. The molecule has 3 radical (unpaired) electrons. The van der Waals surface area contributed by atoms with Gasteiger partial charge in [-0.1, -0.05) is 31.5 Å². The smallest absolute Gasteiger partial charge is 1.00 e. The molecule has 23 heteroatoms. The third-order valence-corrected chi connectivity index (χ3v) is 8.11. The summed E-state index contributed by atoms with van der Waals surface area (Å²) in [6.07, 6.45) is 6.40. The first kappa shape index (κ1) is 63.3. The van der Waals surface area contributed by atoms with Gasteiger partial charge >= 0.3 is 48.6 Å². The molecule has 1 atom stereocenters. The average molecular weight is 943 g/mol. The van der Waals surface area contributed by atoms with E-state index in [0.29, 0.717) is 75.3 Å². The number of aliphatic hydroxyl groups is 3. The van der Waals surface area contributed by atoms with Gasteiger partial charge in [0, 0.05) is 52.0 Å². The summed E-state index contributed by atoms with van der Waals surface area (Å²) in [6, 6.07) is 9.15. The van der Waals surface area contributed by atoms with Gasteiger partial charge in [-0.25, -0.2) is 49.5 Å². The van der Waals surface area contributed by atoms with Crippen LogP contribution in [0.15, 0.2) is 61.2 Å². The van der Waals surface area contributed by atoms with Crippen LogP contribution in [0.4, 0.5) is 0 Å². The van der Waals surface area contributed by atoms with E-state index in [0.717, 1.165) is 5.56 Å². The van der Waals surface area contributed by atoms with Gasteiger partial charge in [-0.2, -0.15) is 0 Å². The number of amides is 1. The normalized spacial score (nSPS) is 10.8. The molecule has 1 aromatic carbocycles. The zero-order valence-corrected chi connectivity index (χ0v) is 42.3. The van der Waals surface area contributed by atoms with Gasteiger partial charge in [0.15, 0.2) is 5.69 Å². The number of aliphatic hydroxyl groups excluding tert-OH is 3. The molecule has 0 aliphatic carbocycles. The van der Waals surface area contributed by atoms with Crippen LogP contribution >= 0.6 is 11.6 Å². The molecule has 0 unspecified atom stereocenters. The maximum absolute atomic E-state index is 12.8. The van der Waals surface area contributed by atoms with Gasteiger partial charge in [-0.15, -0.1) is 0 Å². The molecule has 351 valence electrons. The Hall–Kier alpha value is -4.83. The zero-order valence-electron chi connectivity index (χ0n) is 40.5. The monoisotopic (exact) mass is 942 g/mol. The summed E-state index contributed by atoms with van der Waals surface area (Å²) in [6.45, 7) is 18.8. The van der Waals surface area contributed by atoms with E-state index in [1.807, 2.05) is 13.8 Å². The molecular formula is C43H60B2ClN9NaO10. The fourth-order valence-electron chi connectivity index (χ4n) is 5.08. The maximum Gasteiger partial charge on any atom is 1.00 e. The second kappa shape index (κ2) is 35.4. The zero-order chi connectivity index (χ0) is 48.2. The molecule has 66 heavy (non-hydrogen) atoms. The summed E-state index contributed by atoms with van der Waals surface area (Å²) in [5.74, 6) is 1.04. The van der Waals surface area contributed by atoms with Crippen molar-refractivity contribution in [1.82, 2.24) is 45.2 Å². The second-order valence-electron chi connectivity index (χ2n) is 13.4. The summed E-state index contributed by atoms with van der Waals surface area (Å²) in [5.41, 5.74) is 4.05. The summed E-state index contributed by atoms with van der Waals surface area (Å²) < 4.78 is 15.3. The van der Waals surface area contributed by atoms with E-state index < -0.39 is 31.0 Å². The fourth-order valence-corrected chi connectivity index (χ4v) is 5.26. The van der Waals surface area contributed by atoms with Crippen molar-refractivity contribution in [1.29, 1.82) is 0 Å². The fraction of sp³-hybridized carbons (Fsp3) is 0.419. The minimum atomic E-state index is -1.04. The predicted octanol–water partition coefficient (Wildman–Crippen LogP) is 0.219. The Labute approximate surface area is 417 Å². The number of nitrogens with one attached hydrogen (secondary N) is 1. The van der Waals surface area contributed by atoms with Crippen LogP contribution in [0.1, 0.15) is 103 Å². The molecular weight excluding hydrogens is 883 g/mol. The van der Waals surface area contributed by atoms with Crippen LogP contribution in [-0.4, -0.2) is 119 Å². The van der Waals surface area contributed by atoms with Gasteiger partial charge in [-0.05, 0) is 108 Å². The molecule has 5 aromatic rings.